The van der Waals surface area contributed by atoms with Crippen LogP contribution >= 0.6 is 0 Å². The van der Waals surface area contributed by atoms with Crippen LogP contribution in [0.25, 0.3) is 0 Å². The Labute approximate surface area is 157 Å². The summed E-state index contributed by atoms with van der Waals surface area (Å²) in [6.07, 6.45) is 0. The predicted molar refractivity (Wildman–Crippen MR) is 99.4 cm³/mol. The summed E-state index contributed by atoms with van der Waals surface area (Å²) in [5.74, 6) is -0.155. The molecule has 0 aromatic heterocycles. The number of methoxy groups -OCH3 is 2. The summed E-state index contributed by atoms with van der Waals surface area (Å²) in [5, 5.41) is 14.1. The number of carbonyl (C=O) groups is 1. The number of rotatable bonds is 9. The Morgan fingerprint density at radius 3 is 2.41 bits per heavy atom. The van der Waals surface area contributed by atoms with E-state index >= 15 is 0 Å². The van der Waals surface area contributed by atoms with Gasteiger partial charge in [-0.15, -0.1) is 0 Å². The van der Waals surface area contributed by atoms with Crippen LogP contribution in [-0.4, -0.2) is 38.3 Å². The number of nitro groups is 1. The Morgan fingerprint density at radius 2 is 1.81 bits per heavy atom. The maximum atomic E-state index is 12.5. The molecule has 8 nitrogen and oxygen atoms in total. The quantitative estimate of drug-likeness (QED) is 0.412. The summed E-state index contributed by atoms with van der Waals surface area (Å²) in [6, 6.07) is 10.1. The summed E-state index contributed by atoms with van der Waals surface area (Å²) in [6.45, 7) is 2.73. The highest BCUT2D eigenvalue weighted by Crippen LogP contribution is 2.34. The van der Waals surface area contributed by atoms with E-state index in [4.69, 9.17) is 14.2 Å². The predicted octanol–water partition coefficient (Wildman–Crippen LogP) is 2.87. The summed E-state index contributed by atoms with van der Waals surface area (Å²) in [7, 11) is 2.92. The van der Waals surface area contributed by atoms with Gasteiger partial charge in [0.2, 0.25) is 0 Å². The fourth-order valence-corrected chi connectivity index (χ4v) is 2.37. The molecule has 1 amide bonds. The van der Waals surface area contributed by atoms with Crippen LogP contribution in [0.5, 0.6) is 11.5 Å². The summed E-state index contributed by atoms with van der Waals surface area (Å²) in [5.41, 5.74) is 1.55. The van der Waals surface area contributed by atoms with Crippen molar-refractivity contribution in [2.45, 2.75) is 13.5 Å². The number of hydrogen-bond acceptors (Lipinski definition) is 6. The van der Waals surface area contributed by atoms with Crippen molar-refractivity contribution in [3.63, 3.8) is 0 Å². The van der Waals surface area contributed by atoms with Gasteiger partial charge in [-0.3, -0.25) is 14.9 Å². The molecular weight excluding hydrogens is 352 g/mol. The van der Waals surface area contributed by atoms with Gasteiger partial charge in [0.05, 0.1) is 24.7 Å². The number of ether oxygens (including phenoxy) is 3. The molecular formula is C19H22N2O6. The van der Waals surface area contributed by atoms with E-state index in [1.165, 1.54) is 26.4 Å². The Kier molecular flexibility index (Phi) is 7.13. The molecule has 0 unspecified atom stereocenters. The van der Waals surface area contributed by atoms with Gasteiger partial charge >= 0.3 is 0 Å². The zero-order valence-electron chi connectivity index (χ0n) is 15.5. The topological polar surface area (TPSA) is 99.9 Å². The molecule has 27 heavy (non-hydrogen) atoms. The van der Waals surface area contributed by atoms with Crippen LogP contribution in [0.3, 0.4) is 0 Å². The van der Waals surface area contributed by atoms with Crippen LogP contribution in [0.1, 0.15) is 21.5 Å². The first-order chi connectivity index (χ1) is 13.0. The molecule has 0 radical (unpaired) electrons. The third-order valence-electron chi connectivity index (χ3n) is 3.84. The van der Waals surface area contributed by atoms with E-state index in [0.717, 1.165) is 11.1 Å². The molecule has 2 aromatic rings. The average molecular weight is 374 g/mol. The number of nitrogens with one attached hydrogen (secondary N) is 1. The second-order valence-electron chi connectivity index (χ2n) is 5.79. The van der Waals surface area contributed by atoms with E-state index < -0.39 is 10.8 Å². The fraction of sp³-hybridized carbons (Fsp3) is 0.316. The Bertz CT molecular complexity index is 805. The number of aryl methyl sites for hydroxylation is 1. The third-order valence-corrected chi connectivity index (χ3v) is 3.84. The smallest absolute Gasteiger partial charge is 0.286 e. The van der Waals surface area contributed by atoms with Crippen molar-refractivity contribution in [3.05, 3.63) is 63.2 Å². The van der Waals surface area contributed by atoms with Crippen molar-refractivity contribution < 1.29 is 23.9 Å². The molecule has 0 aliphatic carbocycles. The Morgan fingerprint density at radius 1 is 1.11 bits per heavy atom. The van der Waals surface area contributed by atoms with Crippen LogP contribution < -0.4 is 14.8 Å². The van der Waals surface area contributed by atoms with Crippen molar-refractivity contribution in [1.82, 2.24) is 5.32 Å². The van der Waals surface area contributed by atoms with E-state index in [1.807, 2.05) is 31.2 Å². The number of nitro benzene ring substituents is 1. The summed E-state index contributed by atoms with van der Waals surface area (Å²) in [4.78, 5) is 23.3. The van der Waals surface area contributed by atoms with Gasteiger partial charge in [0.25, 0.3) is 11.6 Å². The second kappa shape index (κ2) is 9.54. The first kappa shape index (κ1) is 20.2. The van der Waals surface area contributed by atoms with Crippen LogP contribution in [0.15, 0.2) is 36.4 Å². The van der Waals surface area contributed by atoms with Crippen LogP contribution in [0.4, 0.5) is 5.69 Å². The van der Waals surface area contributed by atoms with Crippen molar-refractivity contribution in [2.75, 3.05) is 27.4 Å². The van der Waals surface area contributed by atoms with Gasteiger partial charge < -0.3 is 19.5 Å². The first-order valence-corrected chi connectivity index (χ1v) is 8.28. The van der Waals surface area contributed by atoms with Gasteiger partial charge in [0, 0.05) is 19.7 Å². The number of benzene rings is 2. The average Bonchev–Trinajstić information content (AvgIpc) is 2.67. The van der Waals surface area contributed by atoms with Crippen LogP contribution in [-0.2, 0) is 11.3 Å². The van der Waals surface area contributed by atoms with E-state index in [9.17, 15) is 14.9 Å². The van der Waals surface area contributed by atoms with Crippen molar-refractivity contribution in [2.24, 2.45) is 0 Å². The lowest BCUT2D eigenvalue weighted by atomic mass is 10.1. The molecule has 0 bridgehead atoms. The highest BCUT2D eigenvalue weighted by molar-refractivity contribution is 5.99. The molecule has 144 valence electrons. The lowest BCUT2D eigenvalue weighted by Gasteiger charge is -2.13. The SMILES string of the molecule is COCCOc1cc([N+](=O)[O-])c(C(=O)NCc2ccc(C)cc2)cc1OC. The zero-order valence-corrected chi connectivity index (χ0v) is 15.5. The maximum Gasteiger partial charge on any atom is 0.286 e. The number of hydrogen-bond donors (Lipinski definition) is 1. The zero-order chi connectivity index (χ0) is 19.8. The molecule has 8 heteroatoms. The molecule has 2 aromatic carbocycles. The molecule has 0 aliphatic rings. The molecule has 0 spiro atoms. The molecule has 2 rings (SSSR count). The molecule has 0 saturated carbocycles. The van der Waals surface area contributed by atoms with Gasteiger partial charge in [-0.2, -0.15) is 0 Å². The molecule has 0 saturated heterocycles. The van der Waals surface area contributed by atoms with Gasteiger partial charge in [0.15, 0.2) is 11.5 Å². The van der Waals surface area contributed by atoms with Gasteiger partial charge in [-0.1, -0.05) is 29.8 Å². The van der Waals surface area contributed by atoms with E-state index in [0.29, 0.717) is 6.61 Å². The number of carbonyl (C=O) groups excluding carboxylic acids is 1. The van der Waals surface area contributed by atoms with Crippen molar-refractivity contribution >= 4 is 11.6 Å². The third kappa shape index (κ3) is 5.42. The normalized spacial score (nSPS) is 10.3. The second-order valence-corrected chi connectivity index (χ2v) is 5.79. The molecule has 0 aliphatic heterocycles. The van der Waals surface area contributed by atoms with Crippen LogP contribution in [0.2, 0.25) is 0 Å². The van der Waals surface area contributed by atoms with Gasteiger partial charge in [-0.25, -0.2) is 0 Å². The van der Waals surface area contributed by atoms with Crippen LogP contribution in [0, 0.1) is 17.0 Å². The molecule has 0 fully saturated rings. The van der Waals surface area contributed by atoms with Crippen molar-refractivity contribution in [3.8, 4) is 11.5 Å². The number of nitrogens with zero attached hydrogens (tertiary/aromatic N) is 1. The number of amides is 1. The monoisotopic (exact) mass is 374 g/mol. The first-order valence-electron chi connectivity index (χ1n) is 8.28. The maximum absolute atomic E-state index is 12.5. The lowest BCUT2D eigenvalue weighted by molar-refractivity contribution is -0.385. The highest BCUT2D eigenvalue weighted by atomic mass is 16.6. The summed E-state index contributed by atoms with van der Waals surface area (Å²) < 4.78 is 15.6. The largest absolute Gasteiger partial charge is 0.493 e. The van der Waals surface area contributed by atoms with E-state index in [-0.39, 0.29) is 35.9 Å². The fourth-order valence-electron chi connectivity index (χ4n) is 2.37. The minimum absolute atomic E-state index is 0.0944. The summed E-state index contributed by atoms with van der Waals surface area (Å²) >= 11 is 0. The highest BCUT2D eigenvalue weighted by Gasteiger charge is 2.24. The van der Waals surface area contributed by atoms with Gasteiger partial charge in [0.1, 0.15) is 12.2 Å². The molecule has 0 heterocycles. The van der Waals surface area contributed by atoms with Gasteiger partial charge in [-0.05, 0) is 12.5 Å². The molecule has 0 atom stereocenters. The lowest BCUT2D eigenvalue weighted by Crippen LogP contribution is -2.24. The van der Waals surface area contributed by atoms with E-state index in [2.05, 4.69) is 5.32 Å². The van der Waals surface area contributed by atoms with E-state index in [1.54, 1.807) is 0 Å². The van der Waals surface area contributed by atoms with Crippen molar-refractivity contribution in [1.29, 1.82) is 0 Å². The minimum atomic E-state index is -0.622. The standard InChI is InChI=1S/C19H22N2O6/c1-13-4-6-14(7-5-13)12-20-19(22)15-10-17(26-3)18(27-9-8-25-2)11-16(15)21(23)24/h4-7,10-11H,8-9,12H2,1-3H3,(H,20,22). The Balaban J connectivity index is 2.23. The minimum Gasteiger partial charge on any atom is -0.493 e. The molecule has 1 N–H and O–H groups in total. The Hall–Kier alpha value is -3.13.